The standard InChI is InChI=1S/C9H7Cl3O4S/c1-2-16-9(13)5-3-8(17(12,14)15)7(11)4-6(5)10/h3-4H,2H2,1H3. The van der Waals surface area contributed by atoms with Crippen LogP contribution in [-0.2, 0) is 13.8 Å². The van der Waals surface area contributed by atoms with Gasteiger partial charge in [-0.2, -0.15) is 0 Å². The molecular formula is C9H7Cl3O4S. The lowest BCUT2D eigenvalue weighted by Gasteiger charge is -2.07. The molecule has 0 unspecified atom stereocenters. The average molecular weight is 318 g/mol. The molecule has 0 aliphatic carbocycles. The highest BCUT2D eigenvalue weighted by atomic mass is 35.7. The van der Waals surface area contributed by atoms with Crippen molar-refractivity contribution in [3.8, 4) is 0 Å². The van der Waals surface area contributed by atoms with Crippen molar-refractivity contribution in [3.05, 3.63) is 27.7 Å². The molecule has 1 aromatic rings. The Morgan fingerprint density at radius 1 is 1.29 bits per heavy atom. The predicted octanol–water partition coefficient (Wildman–Crippen LogP) is 3.10. The third-order valence-corrected chi connectivity index (χ3v) is 3.88. The summed E-state index contributed by atoms with van der Waals surface area (Å²) in [5, 5.41) is -0.157. The molecule has 1 aromatic carbocycles. The number of carbonyl (C=O) groups is 1. The average Bonchev–Trinajstić information content (AvgIpc) is 2.15. The first kappa shape index (κ1) is 14.6. The molecule has 8 heteroatoms. The van der Waals surface area contributed by atoms with Gasteiger partial charge in [-0.05, 0) is 19.1 Å². The fourth-order valence-electron chi connectivity index (χ4n) is 1.08. The fraction of sp³-hybridized carbons (Fsp3) is 0.222. The smallest absolute Gasteiger partial charge is 0.339 e. The van der Waals surface area contributed by atoms with Crippen molar-refractivity contribution < 1.29 is 17.9 Å². The molecule has 0 radical (unpaired) electrons. The van der Waals surface area contributed by atoms with Crippen molar-refractivity contribution in [1.82, 2.24) is 0 Å². The minimum absolute atomic E-state index is 0.00230. The quantitative estimate of drug-likeness (QED) is 0.635. The van der Waals surface area contributed by atoms with Gasteiger partial charge in [-0.3, -0.25) is 0 Å². The monoisotopic (exact) mass is 316 g/mol. The van der Waals surface area contributed by atoms with Gasteiger partial charge in [0.15, 0.2) is 0 Å². The number of ether oxygens (including phenoxy) is 1. The summed E-state index contributed by atoms with van der Waals surface area (Å²) in [6, 6.07) is 2.12. The molecule has 0 heterocycles. The maximum absolute atomic E-state index is 11.5. The van der Waals surface area contributed by atoms with E-state index in [-0.39, 0.29) is 27.1 Å². The molecule has 17 heavy (non-hydrogen) atoms. The van der Waals surface area contributed by atoms with Gasteiger partial charge in [-0.25, -0.2) is 13.2 Å². The van der Waals surface area contributed by atoms with E-state index < -0.39 is 15.0 Å². The molecule has 4 nitrogen and oxygen atoms in total. The number of halogens is 3. The van der Waals surface area contributed by atoms with Crippen LogP contribution >= 0.6 is 33.9 Å². The molecule has 0 fully saturated rings. The Bertz CT molecular complexity index is 554. The summed E-state index contributed by atoms with van der Waals surface area (Å²) < 4.78 is 27.1. The first-order valence-electron chi connectivity index (χ1n) is 4.38. The lowest BCUT2D eigenvalue weighted by Crippen LogP contribution is -2.07. The Kier molecular flexibility index (Phi) is 4.66. The van der Waals surface area contributed by atoms with Crippen molar-refractivity contribution in [2.24, 2.45) is 0 Å². The first-order valence-corrected chi connectivity index (χ1v) is 7.44. The van der Waals surface area contributed by atoms with E-state index >= 15 is 0 Å². The zero-order valence-corrected chi connectivity index (χ0v) is 11.6. The molecule has 0 atom stereocenters. The van der Waals surface area contributed by atoms with Crippen LogP contribution in [0.4, 0.5) is 0 Å². The van der Waals surface area contributed by atoms with Gasteiger partial charge >= 0.3 is 5.97 Å². The molecule has 94 valence electrons. The van der Waals surface area contributed by atoms with E-state index in [4.69, 9.17) is 38.6 Å². The molecular weight excluding hydrogens is 311 g/mol. The lowest BCUT2D eigenvalue weighted by molar-refractivity contribution is 0.0526. The van der Waals surface area contributed by atoms with Crippen LogP contribution in [0.5, 0.6) is 0 Å². The van der Waals surface area contributed by atoms with Gasteiger partial charge in [0.1, 0.15) is 4.90 Å². The SMILES string of the molecule is CCOC(=O)c1cc(S(=O)(=O)Cl)c(Cl)cc1Cl. The maximum atomic E-state index is 11.5. The number of benzene rings is 1. The topological polar surface area (TPSA) is 60.4 Å². The van der Waals surface area contributed by atoms with Gasteiger partial charge in [0.2, 0.25) is 0 Å². The van der Waals surface area contributed by atoms with Crippen LogP contribution < -0.4 is 0 Å². The fourth-order valence-corrected chi connectivity index (χ4v) is 2.90. The van der Waals surface area contributed by atoms with Gasteiger partial charge in [0.05, 0.1) is 22.2 Å². The largest absolute Gasteiger partial charge is 0.462 e. The maximum Gasteiger partial charge on any atom is 0.339 e. The van der Waals surface area contributed by atoms with Crippen LogP contribution in [-0.4, -0.2) is 21.0 Å². The molecule has 0 amide bonds. The Labute approximate surface area is 113 Å². The summed E-state index contributed by atoms with van der Waals surface area (Å²) in [5.41, 5.74) is -0.0999. The number of rotatable bonds is 3. The van der Waals surface area contributed by atoms with E-state index in [9.17, 15) is 13.2 Å². The van der Waals surface area contributed by atoms with Crippen molar-refractivity contribution in [3.63, 3.8) is 0 Å². The van der Waals surface area contributed by atoms with Crippen LogP contribution in [0.25, 0.3) is 0 Å². The Hall–Kier alpha value is -0.490. The van der Waals surface area contributed by atoms with E-state index in [2.05, 4.69) is 0 Å². The normalized spacial score (nSPS) is 11.3. The predicted molar refractivity (Wildman–Crippen MR) is 65.5 cm³/mol. The van der Waals surface area contributed by atoms with Gasteiger partial charge in [-0.15, -0.1) is 0 Å². The Balaban J connectivity index is 3.39. The van der Waals surface area contributed by atoms with Crippen molar-refractivity contribution in [1.29, 1.82) is 0 Å². The Morgan fingerprint density at radius 2 is 1.88 bits per heavy atom. The van der Waals surface area contributed by atoms with Crippen molar-refractivity contribution in [2.45, 2.75) is 11.8 Å². The van der Waals surface area contributed by atoms with E-state index in [1.165, 1.54) is 0 Å². The zero-order valence-electron chi connectivity index (χ0n) is 8.54. The van der Waals surface area contributed by atoms with Crippen LogP contribution in [0.1, 0.15) is 17.3 Å². The van der Waals surface area contributed by atoms with E-state index in [0.717, 1.165) is 12.1 Å². The number of esters is 1. The summed E-state index contributed by atoms with van der Waals surface area (Å²) in [7, 11) is 1.12. The van der Waals surface area contributed by atoms with Crippen LogP contribution in [0.15, 0.2) is 17.0 Å². The minimum Gasteiger partial charge on any atom is -0.462 e. The summed E-state index contributed by atoms with van der Waals surface area (Å²) in [6.07, 6.45) is 0. The molecule has 0 saturated heterocycles. The second-order valence-electron chi connectivity index (χ2n) is 2.92. The summed E-state index contributed by atoms with van der Waals surface area (Å²) >= 11 is 11.4. The van der Waals surface area contributed by atoms with Gasteiger partial charge in [0.25, 0.3) is 9.05 Å². The highest BCUT2D eigenvalue weighted by Crippen LogP contribution is 2.31. The van der Waals surface area contributed by atoms with E-state index in [1.54, 1.807) is 6.92 Å². The first-order chi connectivity index (χ1) is 7.77. The van der Waals surface area contributed by atoms with E-state index in [0.29, 0.717) is 0 Å². The van der Waals surface area contributed by atoms with E-state index in [1.807, 2.05) is 0 Å². The number of carbonyl (C=O) groups excluding carboxylic acids is 1. The summed E-state index contributed by atoms with van der Waals surface area (Å²) in [4.78, 5) is 11.1. The molecule has 1 rings (SSSR count). The van der Waals surface area contributed by atoms with Gasteiger partial charge in [-0.1, -0.05) is 23.2 Å². The van der Waals surface area contributed by atoms with Gasteiger partial charge < -0.3 is 4.74 Å². The molecule has 0 N–H and O–H groups in total. The minimum atomic E-state index is -4.05. The number of hydrogen-bond acceptors (Lipinski definition) is 4. The third kappa shape index (κ3) is 3.48. The van der Waals surface area contributed by atoms with Crippen LogP contribution in [0.3, 0.4) is 0 Å². The molecule has 0 saturated carbocycles. The second kappa shape index (κ2) is 5.44. The molecule has 0 aromatic heterocycles. The molecule has 0 aliphatic heterocycles. The molecule has 0 spiro atoms. The highest BCUT2D eigenvalue weighted by molar-refractivity contribution is 8.13. The summed E-state index contributed by atoms with van der Waals surface area (Å²) in [5.74, 6) is -0.740. The second-order valence-corrected chi connectivity index (χ2v) is 6.27. The Morgan fingerprint density at radius 3 is 2.35 bits per heavy atom. The van der Waals surface area contributed by atoms with Gasteiger partial charge in [0, 0.05) is 10.7 Å². The van der Waals surface area contributed by atoms with Crippen LogP contribution in [0, 0.1) is 0 Å². The highest BCUT2D eigenvalue weighted by Gasteiger charge is 2.21. The molecule has 0 bridgehead atoms. The lowest BCUT2D eigenvalue weighted by atomic mass is 10.2. The van der Waals surface area contributed by atoms with Crippen molar-refractivity contribution in [2.75, 3.05) is 6.61 Å². The van der Waals surface area contributed by atoms with Crippen molar-refractivity contribution >= 4 is 48.9 Å². The summed E-state index contributed by atoms with van der Waals surface area (Å²) in [6.45, 7) is 1.75. The number of hydrogen-bond donors (Lipinski definition) is 0. The molecule has 0 aliphatic rings. The van der Waals surface area contributed by atoms with Crippen LogP contribution in [0.2, 0.25) is 10.0 Å². The third-order valence-electron chi connectivity index (χ3n) is 1.78. The zero-order chi connectivity index (χ0) is 13.2.